The molecule has 0 aliphatic heterocycles. The standard InChI is InChI=1S/C12H18O4/c1-9(14)10-4-5-11(12(8-10)15-2)16-7-3-6-13/h4-5,8-9,13-14H,3,6-7H2,1-2H3/t9-/m1/s1. The first kappa shape index (κ1) is 12.8. The lowest BCUT2D eigenvalue weighted by atomic mass is 10.1. The van der Waals surface area contributed by atoms with Crippen molar-refractivity contribution in [1.29, 1.82) is 0 Å². The lowest BCUT2D eigenvalue weighted by Gasteiger charge is -2.12. The van der Waals surface area contributed by atoms with E-state index in [2.05, 4.69) is 0 Å². The number of aliphatic hydroxyl groups is 2. The molecule has 4 heteroatoms. The van der Waals surface area contributed by atoms with E-state index in [0.717, 1.165) is 5.56 Å². The van der Waals surface area contributed by atoms with Crippen LogP contribution in [0.15, 0.2) is 18.2 Å². The zero-order valence-electron chi connectivity index (χ0n) is 9.64. The molecule has 0 saturated carbocycles. The fourth-order valence-electron chi connectivity index (χ4n) is 1.31. The van der Waals surface area contributed by atoms with Gasteiger partial charge in [-0.3, -0.25) is 0 Å². The molecule has 0 aliphatic rings. The van der Waals surface area contributed by atoms with Crippen molar-refractivity contribution >= 4 is 0 Å². The summed E-state index contributed by atoms with van der Waals surface area (Å²) in [6.07, 6.45) is 0.0572. The van der Waals surface area contributed by atoms with Crippen molar-refractivity contribution in [2.24, 2.45) is 0 Å². The molecule has 1 atom stereocenters. The van der Waals surface area contributed by atoms with Gasteiger partial charge in [0.15, 0.2) is 11.5 Å². The first-order valence-electron chi connectivity index (χ1n) is 5.28. The Morgan fingerprint density at radius 1 is 1.31 bits per heavy atom. The molecule has 2 N–H and O–H groups in total. The number of methoxy groups -OCH3 is 1. The lowest BCUT2D eigenvalue weighted by Crippen LogP contribution is -2.02. The fraction of sp³-hybridized carbons (Fsp3) is 0.500. The molecule has 0 bridgehead atoms. The molecule has 16 heavy (non-hydrogen) atoms. The normalized spacial score (nSPS) is 12.2. The van der Waals surface area contributed by atoms with E-state index in [4.69, 9.17) is 14.6 Å². The minimum absolute atomic E-state index is 0.105. The van der Waals surface area contributed by atoms with E-state index in [1.54, 1.807) is 32.2 Å². The number of rotatable bonds is 6. The third-order valence-electron chi connectivity index (χ3n) is 2.23. The summed E-state index contributed by atoms with van der Waals surface area (Å²) in [6.45, 7) is 2.25. The lowest BCUT2D eigenvalue weighted by molar-refractivity contribution is 0.198. The predicted molar refractivity (Wildman–Crippen MR) is 60.8 cm³/mol. The first-order chi connectivity index (χ1) is 7.69. The van der Waals surface area contributed by atoms with Crippen LogP contribution in [0.2, 0.25) is 0 Å². The van der Waals surface area contributed by atoms with Crippen molar-refractivity contribution in [3.63, 3.8) is 0 Å². The van der Waals surface area contributed by atoms with Gasteiger partial charge in [-0.2, -0.15) is 0 Å². The monoisotopic (exact) mass is 226 g/mol. The van der Waals surface area contributed by atoms with Gasteiger partial charge in [0.05, 0.1) is 19.8 Å². The molecule has 0 amide bonds. The van der Waals surface area contributed by atoms with Crippen LogP contribution in [0, 0.1) is 0 Å². The molecular formula is C12H18O4. The average molecular weight is 226 g/mol. The molecule has 1 rings (SSSR count). The number of hydrogen-bond donors (Lipinski definition) is 2. The van der Waals surface area contributed by atoms with E-state index in [-0.39, 0.29) is 6.61 Å². The topological polar surface area (TPSA) is 58.9 Å². The first-order valence-corrected chi connectivity index (χ1v) is 5.28. The van der Waals surface area contributed by atoms with Crippen LogP contribution in [0.3, 0.4) is 0 Å². The van der Waals surface area contributed by atoms with E-state index in [1.807, 2.05) is 0 Å². The summed E-state index contributed by atoms with van der Waals surface area (Å²) in [7, 11) is 1.56. The van der Waals surface area contributed by atoms with Crippen LogP contribution in [0.25, 0.3) is 0 Å². The van der Waals surface area contributed by atoms with E-state index in [1.165, 1.54) is 0 Å². The minimum Gasteiger partial charge on any atom is -0.493 e. The highest BCUT2D eigenvalue weighted by Gasteiger charge is 2.08. The molecule has 1 aromatic carbocycles. The summed E-state index contributed by atoms with van der Waals surface area (Å²) in [5.74, 6) is 1.22. The van der Waals surface area contributed by atoms with Gasteiger partial charge in [0.1, 0.15) is 0 Å². The van der Waals surface area contributed by atoms with Gasteiger partial charge in [-0.25, -0.2) is 0 Å². The number of benzene rings is 1. The van der Waals surface area contributed by atoms with Gasteiger partial charge in [0, 0.05) is 13.0 Å². The Hall–Kier alpha value is -1.26. The smallest absolute Gasteiger partial charge is 0.161 e. The van der Waals surface area contributed by atoms with Crippen molar-refractivity contribution in [2.75, 3.05) is 20.3 Å². The van der Waals surface area contributed by atoms with Gasteiger partial charge in [-0.1, -0.05) is 6.07 Å². The Labute approximate surface area is 95.4 Å². The van der Waals surface area contributed by atoms with E-state index in [9.17, 15) is 5.11 Å². The van der Waals surface area contributed by atoms with Crippen LogP contribution in [0.1, 0.15) is 25.0 Å². The molecule has 0 unspecified atom stereocenters. The highest BCUT2D eigenvalue weighted by molar-refractivity contribution is 5.43. The van der Waals surface area contributed by atoms with E-state index in [0.29, 0.717) is 24.5 Å². The molecular weight excluding hydrogens is 208 g/mol. The van der Waals surface area contributed by atoms with Crippen molar-refractivity contribution in [2.45, 2.75) is 19.4 Å². The summed E-state index contributed by atoms with van der Waals surface area (Å²) in [4.78, 5) is 0. The van der Waals surface area contributed by atoms with Crippen molar-refractivity contribution in [3.8, 4) is 11.5 Å². The second-order valence-corrected chi connectivity index (χ2v) is 3.51. The SMILES string of the molecule is COc1cc([C@@H](C)O)ccc1OCCCO. The summed E-state index contributed by atoms with van der Waals surface area (Å²) < 4.78 is 10.6. The van der Waals surface area contributed by atoms with Crippen molar-refractivity contribution in [3.05, 3.63) is 23.8 Å². The number of aliphatic hydroxyl groups excluding tert-OH is 2. The molecule has 1 aromatic rings. The third-order valence-corrected chi connectivity index (χ3v) is 2.23. The number of ether oxygens (including phenoxy) is 2. The van der Waals surface area contributed by atoms with Gasteiger partial charge < -0.3 is 19.7 Å². The second-order valence-electron chi connectivity index (χ2n) is 3.51. The largest absolute Gasteiger partial charge is 0.493 e. The summed E-state index contributed by atoms with van der Waals surface area (Å²) in [5.41, 5.74) is 0.784. The van der Waals surface area contributed by atoms with Gasteiger partial charge >= 0.3 is 0 Å². The Morgan fingerprint density at radius 3 is 2.62 bits per heavy atom. The highest BCUT2D eigenvalue weighted by atomic mass is 16.5. The zero-order chi connectivity index (χ0) is 12.0. The van der Waals surface area contributed by atoms with E-state index < -0.39 is 6.10 Å². The molecule has 0 heterocycles. The Bertz CT molecular complexity index is 323. The van der Waals surface area contributed by atoms with Crippen LogP contribution in [0.5, 0.6) is 11.5 Å². The molecule has 0 saturated heterocycles. The van der Waals surface area contributed by atoms with Crippen LogP contribution >= 0.6 is 0 Å². The minimum atomic E-state index is -0.527. The van der Waals surface area contributed by atoms with Gasteiger partial charge in [-0.15, -0.1) is 0 Å². The Kier molecular flexibility index (Phi) is 5.08. The summed E-state index contributed by atoms with van der Waals surface area (Å²) >= 11 is 0. The average Bonchev–Trinajstić information content (AvgIpc) is 2.29. The van der Waals surface area contributed by atoms with Crippen LogP contribution in [-0.2, 0) is 0 Å². The maximum Gasteiger partial charge on any atom is 0.161 e. The molecule has 4 nitrogen and oxygen atoms in total. The van der Waals surface area contributed by atoms with Crippen LogP contribution in [0.4, 0.5) is 0 Å². The summed E-state index contributed by atoms with van der Waals surface area (Å²) in [5, 5.41) is 18.1. The molecule has 0 spiro atoms. The molecule has 90 valence electrons. The van der Waals surface area contributed by atoms with Gasteiger partial charge in [0.2, 0.25) is 0 Å². The van der Waals surface area contributed by atoms with E-state index >= 15 is 0 Å². The number of hydrogen-bond acceptors (Lipinski definition) is 4. The Balaban J connectivity index is 2.76. The van der Waals surface area contributed by atoms with Crippen LogP contribution < -0.4 is 9.47 Å². The molecule has 0 aromatic heterocycles. The quantitative estimate of drug-likeness (QED) is 0.722. The van der Waals surface area contributed by atoms with Crippen molar-refractivity contribution in [1.82, 2.24) is 0 Å². The van der Waals surface area contributed by atoms with Gasteiger partial charge in [0.25, 0.3) is 0 Å². The summed E-state index contributed by atoms with van der Waals surface area (Å²) in [6, 6.07) is 5.30. The Morgan fingerprint density at radius 2 is 2.06 bits per heavy atom. The highest BCUT2D eigenvalue weighted by Crippen LogP contribution is 2.30. The van der Waals surface area contributed by atoms with Crippen molar-refractivity contribution < 1.29 is 19.7 Å². The molecule has 0 aliphatic carbocycles. The zero-order valence-corrected chi connectivity index (χ0v) is 9.64. The predicted octanol–water partition coefficient (Wildman–Crippen LogP) is 1.51. The second kappa shape index (κ2) is 6.35. The fourth-order valence-corrected chi connectivity index (χ4v) is 1.31. The third kappa shape index (κ3) is 3.40. The molecule has 0 fully saturated rings. The molecule has 0 radical (unpaired) electrons. The van der Waals surface area contributed by atoms with Crippen LogP contribution in [-0.4, -0.2) is 30.5 Å². The van der Waals surface area contributed by atoms with Gasteiger partial charge in [-0.05, 0) is 24.6 Å². The maximum absolute atomic E-state index is 9.42. The maximum atomic E-state index is 9.42.